The summed E-state index contributed by atoms with van der Waals surface area (Å²) < 4.78 is 13.2. The van der Waals surface area contributed by atoms with Crippen molar-refractivity contribution in [2.75, 3.05) is 6.54 Å². The summed E-state index contributed by atoms with van der Waals surface area (Å²) >= 11 is 0. The molecule has 1 saturated carbocycles. The molecule has 1 fully saturated rings. The van der Waals surface area contributed by atoms with Crippen LogP contribution in [-0.4, -0.2) is 12.6 Å². The lowest BCUT2D eigenvalue weighted by molar-refractivity contribution is 0.227. The van der Waals surface area contributed by atoms with Crippen LogP contribution in [0.2, 0.25) is 0 Å². The van der Waals surface area contributed by atoms with Crippen molar-refractivity contribution in [3.63, 3.8) is 0 Å². The van der Waals surface area contributed by atoms with Gasteiger partial charge in [-0.25, -0.2) is 4.39 Å². The summed E-state index contributed by atoms with van der Waals surface area (Å²) in [4.78, 5) is 0. The highest BCUT2D eigenvalue weighted by atomic mass is 19.1. The second-order valence-electron chi connectivity index (χ2n) is 7.02. The highest BCUT2D eigenvalue weighted by Gasteiger charge is 2.36. The van der Waals surface area contributed by atoms with E-state index in [1.807, 2.05) is 12.1 Å². The fourth-order valence-electron chi connectivity index (χ4n) is 3.93. The maximum atomic E-state index is 13.2. The van der Waals surface area contributed by atoms with E-state index in [-0.39, 0.29) is 11.2 Å². The summed E-state index contributed by atoms with van der Waals surface area (Å²) in [5, 5.41) is 3.74. The summed E-state index contributed by atoms with van der Waals surface area (Å²) in [5.74, 6) is 0.580. The van der Waals surface area contributed by atoms with Crippen LogP contribution in [0, 0.1) is 11.7 Å². The molecule has 0 aromatic heterocycles. The van der Waals surface area contributed by atoms with Crippen LogP contribution in [0.25, 0.3) is 0 Å². The topological polar surface area (TPSA) is 12.0 Å². The summed E-state index contributed by atoms with van der Waals surface area (Å²) in [6.45, 7) is 7.78. The predicted octanol–water partition coefficient (Wildman–Crippen LogP) is 5.05. The van der Waals surface area contributed by atoms with Crippen LogP contribution in [-0.2, 0) is 5.41 Å². The van der Waals surface area contributed by atoms with E-state index in [9.17, 15) is 4.39 Å². The van der Waals surface area contributed by atoms with Crippen molar-refractivity contribution in [3.8, 4) is 0 Å². The molecule has 0 heterocycles. The van der Waals surface area contributed by atoms with Crippen LogP contribution in [0.15, 0.2) is 24.3 Å². The zero-order valence-electron chi connectivity index (χ0n) is 13.8. The van der Waals surface area contributed by atoms with Crippen LogP contribution < -0.4 is 5.32 Å². The molecule has 1 aromatic carbocycles. The average molecular weight is 291 g/mol. The van der Waals surface area contributed by atoms with Gasteiger partial charge in [-0.05, 0) is 43.0 Å². The Bertz CT molecular complexity index is 416. The first-order valence-corrected chi connectivity index (χ1v) is 8.55. The van der Waals surface area contributed by atoms with E-state index in [2.05, 4.69) is 26.1 Å². The molecule has 1 atom stereocenters. The van der Waals surface area contributed by atoms with Gasteiger partial charge in [-0.2, -0.15) is 0 Å². The van der Waals surface area contributed by atoms with Crippen molar-refractivity contribution in [1.29, 1.82) is 0 Å². The lowest BCUT2D eigenvalue weighted by Gasteiger charge is -2.40. The molecule has 1 N–H and O–H groups in total. The van der Waals surface area contributed by atoms with Gasteiger partial charge in [0.1, 0.15) is 5.82 Å². The SMILES string of the molecule is CCNC(C1CCCCCC1)C(C)(C)c1ccc(F)cc1. The third-order valence-corrected chi connectivity index (χ3v) is 5.16. The molecule has 0 aliphatic heterocycles. The number of rotatable bonds is 5. The zero-order valence-corrected chi connectivity index (χ0v) is 13.8. The van der Waals surface area contributed by atoms with Crippen molar-refractivity contribution in [1.82, 2.24) is 5.32 Å². The number of halogens is 1. The summed E-state index contributed by atoms with van der Waals surface area (Å²) in [6, 6.07) is 7.55. The minimum absolute atomic E-state index is 0.0265. The van der Waals surface area contributed by atoms with Crippen LogP contribution in [0.4, 0.5) is 4.39 Å². The van der Waals surface area contributed by atoms with E-state index in [0.29, 0.717) is 6.04 Å². The summed E-state index contributed by atoms with van der Waals surface area (Å²) in [7, 11) is 0. The van der Waals surface area contributed by atoms with Gasteiger partial charge >= 0.3 is 0 Å². The average Bonchev–Trinajstić information content (AvgIpc) is 2.74. The van der Waals surface area contributed by atoms with E-state index in [1.54, 1.807) is 12.1 Å². The first kappa shape index (κ1) is 16.5. The molecule has 0 spiro atoms. The standard InChI is InChI=1S/C19H30FN/c1-4-21-18(15-9-7-5-6-8-10-15)19(2,3)16-11-13-17(20)14-12-16/h11-15,18,21H,4-10H2,1-3H3. The Hall–Kier alpha value is -0.890. The van der Waals surface area contributed by atoms with E-state index in [0.717, 1.165) is 12.5 Å². The van der Waals surface area contributed by atoms with Crippen molar-refractivity contribution >= 4 is 0 Å². The Kier molecular flexibility index (Phi) is 5.80. The molecule has 1 nitrogen and oxygen atoms in total. The number of hydrogen-bond acceptors (Lipinski definition) is 1. The molecule has 1 unspecified atom stereocenters. The highest BCUT2D eigenvalue weighted by Crippen LogP contribution is 2.36. The lowest BCUT2D eigenvalue weighted by Crippen LogP contribution is -2.49. The number of hydrogen-bond donors (Lipinski definition) is 1. The molecule has 1 aromatic rings. The normalized spacial score (nSPS) is 19.2. The smallest absolute Gasteiger partial charge is 0.123 e. The van der Waals surface area contributed by atoms with Crippen molar-refractivity contribution in [2.45, 2.75) is 70.8 Å². The molecule has 0 amide bonds. The van der Waals surface area contributed by atoms with E-state index in [1.165, 1.54) is 44.1 Å². The maximum absolute atomic E-state index is 13.2. The predicted molar refractivity (Wildman–Crippen MR) is 88.1 cm³/mol. The lowest BCUT2D eigenvalue weighted by atomic mass is 9.70. The molecule has 118 valence electrons. The van der Waals surface area contributed by atoms with Gasteiger partial charge in [0, 0.05) is 11.5 Å². The maximum Gasteiger partial charge on any atom is 0.123 e. The largest absolute Gasteiger partial charge is 0.313 e. The third-order valence-electron chi connectivity index (χ3n) is 5.16. The number of benzene rings is 1. The second-order valence-corrected chi connectivity index (χ2v) is 7.02. The van der Waals surface area contributed by atoms with Gasteiger partial charge in [-0.15, -0.1) is 0 Å². The summed E-state index contributed by atoms with van der Waals surface area (Å²) in [6.07, 6.45) is 8.11. The zero-order chi connectivity index (χ0) is 15.3. The first-order valence-electron chi connectivity index (χ1n) is 8.55. The third kappa shape index (κ3) is 4.06. The highest BCUT2D eigenvalue weighted by molar-refractivity contribution is 5.27. The van der Waals surface area contributed by atoms with Crippen LogP contribution in [0.5, 0.6) is 0 Å². The quantitative estimate of drug-likeness (QED) is 0.748. The van der Waals surface area contributed by atoms with Gasteiger partial charge < -0.3 is 5.32 Å². The Balaban J connectivity index is 2.23. The molecule has 0 radical (unpaired) electrons. The molecule has 0 saturated heterocycles. The molecule has 1 aliphatic carbocycles. The minimum Gasteiger partial charge on any atom is -0.313 e. The van der Waals surface area contributed by atoms with Gasteiger partial charge in [0.15, 0.2) is 0 Å². The molecule has 1 aliphatic rings. The molecule has 0 bridgehead atoms. The van der Waals surface area contributed by atoms with Gasteiger partial charge in [0.05, 0.1) is 0 Å². The Labute approximate surface area is 129 Å². The van der Waals surface area contributed by atoms with Gasteiger partial charge in [0.25, 0.3) is 0 Å². The first-order chi connectivity index (χ1) is 10.1. The van der Waals surface area contributed by atoms with E-state index < -0.39 is 0 Å². The number of nitrogens with one attached hydrogen (secondary N) is 1. The number of likely N-dealkylation sites (N-methyl/N-ethyl adjacent to an activating group) is 1. The molecule has 2 rings (SSSR count). The van der Waals surface area contributed by atoms with Gasteiger partial charge in [-0.3, -0.25) is 0 Å². The molecular weight excluding hydrogens is 261 g/mol. The van der Waals surface area contributed by atoms with Crippen molar-refractivity contribution in [3.05, 3.63) is 35.6 Å². The molecular formula is C19H30FN. The Morgan fingerprint density at radius 3 is 2.19 bits per heavy atom. The van der Waals surface area contributed by atoms with E-state index in [4.69, 9.17) is 0 Å². The van der Waals surface area contributed by atoms with Gasteiger partial charge in [0.2, 0.25) is 0 Å². The van der Waals surface area contributed by atoms with Crippen LogP contribution in [0.3, 0.4) is 0 Å². The minimum atomic E-state index is -0.149. The van der Waals surface area contributed by atoms with Crippen LogP contribution >= 0.6 is 0 Å². The van der Waals surface area contributed by atoms with Crippen molar-refractivity contribution < 1.29 is 4.39 Å². The fraction of sp³-hybridized carbons (Fsp3) is 0.684. The monoisotopic (exact) mass is 291 g/mol. The van der Waals surface area contributed by atoms with Crippen molar-refractivity contribution in [2.24, 2.45) is 5.92 Å². The summed E-state index contributed by atoms with van der Waals surface area (Å²) in [5.41, 5.74) is 1.26. The van der Waals surface area contributed by atoms with E-state index >= 15 is 0 Å². The second kappa shape index (κ2) is 7.40. The van der Waals surface area contributed by atoms with Crippen LogP contribution in [0.1, 0.15) is 64.9 Å². The fourth-order valence-corrected chi connectivity index (χ4v) is 3.93. The Morgan fingerprint density at radius 2 is 1.67 bits per heavy atom. The molecule has 2 heteroatoms. The Morgan fingerprint density at radius 1 is 1.10 bits per heavy atom. The molecule has 21 heavy (non-hydrogen) atoms. The van der Waals surface area contributed by atoms with Gasteiger partial charge in [-0.1, -0.05) is 58.6 Å².